The third kappa shape index (κ3) is 3.52. The van der Waals surface area contributed by atoms with Gasteiger partial charge in [0.05, 0.1) is 30.7 Å². The Bertz CT molecular complexity index is 1000. The number of nitro benzene ring substituents is 1. The molecule has 0 N–H and O–H groups in total. The van der Waals surface area contributed by atoms with Gasteiger partial charge in [-0.3, -0.25) is 14.9 Å². The highest BCUT2D eigenvalue weighted by Gasteiger charge is 2.29. The highest BCUT2D eigenvalue weighted by molar-refractivity contribution is 7.18. The summed E-state index contributed by atoms with van der Waals surface area (Å²) < 4.78 is 1.14. The molecule has 1 aliphatic rings. The van der Waals surface area contributed by atoms with Crippen LogP contribution in [0.1, 0.15) is 34.1 Å². The van der Waals surface area contributed by atoms with Gasteiger partial charge in [0.25, 0.3) is 11.6 Å². The number of amides is 1. The van der Waals surface area contributed by atoms with Crippen LogP contribution >= 0.6 is 22.9 Å². The number of rotatable bonds is 3. The molecule has 0 aliphatic carbocycles. The summed E-state index contributed by atoms with van der Waals surface area (Å²) in [5.74, 6) is -0.105. The molecule has 3 aromatic rings. The minimum Gasteiger partial charge on any atom is -0.338 e. The topological polar surface area (TPSA) is 76.3 Å². The van der Waals surface area contributed by atoms with Crippen LogP contribution < -0.4 is 0 Å². The number of non-ortho nitro benzene ring substituents is 1. The summed E-state index contributed by atoms with van der Waals surface area (Å²) in [5.41, 5.74) is 1.01. The second-order valence-corrected chi connectivity index (χ2v) is 8.00. The Kier molecular flexibility index (Phi) is 4.80. The van der Waals surface area contributed by atoms with Gasteiger partial charge in [-0.15, -0.1) is 11.3 Å². The lowest BCUT2D eigenvalue weighted by Crippen LogP contribution is -2.39. The first-order valence-corrected chi connectivity index (χ1v) is 9.81. The van der Waals surface area contributed by atoms with Crippen molar-refractivity contribution in [3.8, 4) is 0 Å². The van der Waals surface area contributed by atoms with Gasteiger partial charge in [-0.2, -0.15) is 0 Å². The van der Waals surface area contributed by atoms with Crippen molar-refractivity contribution in [2.45, 2.75) is 18.8 Å². The first kappa shape index (κ1) is 17.9. The minimum atomic E-state index is -0.521. The summed E-state index contributed by atoms with van der Waals surface area (Å²) in [6, 6.07) is 12.0. The molecule has 138 valence electrons. The molecular weight excluding hydrogens is 386 g/mol. The first-order valence-electron chi connectivity index (χ1n) is 8.61. The normalized spacial score (nSPS) is 17.2. The number of hydrogen-bond acceptors (Lipinski definition) is 5. The Morgan fingerprint density at radius 2 is 2.11 bits per heavy atom. The third-order valence-corrected chi connectivity index (χ3v) is 6.29. The van der Waals surface area contributed by atoms with Crippen molar-refractivity contribution in [1.82, 2.24) is 9.88 Å². The molecule has 2 heterocycles. The average molecular weight is 402 g/mol. The second kappa shape index (κ2) is 7.25. The van der Waals surface area contributed by atoms with E-state index < -0.39 is 4.92 Å². The van der Waals surface area contributed by atoms with E-state index in [4.69, 9.17) is 16.6 Å². The molecule has 6 nitrogen and oxygen atoms in total. The molecule has 1 amide bonds. The number of aromatic nitrogens is 1. The van der Waals surface area contributed by atoms with Gasteiger partial charge in [-0.25, -0.2) is 4.98 Å². The van der Waals surface area contributed by atoms with E-state index in [1.165, 1.54) is 18.2 Å². The van der Waals surface area contributed by atoms with Crippen LogP contribution in [-0.2, 0) is 0 Å². The van der Waals surface area contributed by atoms with Crippen molar-refractivity contribution in [2.24, 2.45) is 0 Å². The number of piperidine rings is 1. The van der Waals surface area contributed by atoms with Crippen molar-refractivity contribution < 1.29 is 9.72 Å². The third-order valence-electron chi connectivity index (χ3n) is 4.76. The van der Waals surface area contributed by atoms with Gasteiger partial charge in [0.1, 0.15) is 0 Å². The van der Waals surface area contributed by atoms with Gasteiger partial charge in [-0.05, 0) is 31.0 Å². The Hall–Kier alpha value is -2.51. The molecule has 8 heteroatoms. The molecule has 1 saturated heterocycles. The molecule has 1 aromatic heterocycles. The average Bonchev–Trinajstić information content (AvgIpc) is 3.12. The molecule has 0 saturated carbocycles. The van der Waals surface area contributed by atoms with Crippen LogP contribution in [0, 0.1) is 10.1 Å². The van der Waals surface area contributed by atoms with Crippen LogP contribution in [0.5, 0.6) is 0 Å². The number of thiazole rings is 1. The minimum absolute atomic E-state index is 0.137. The first-order chi connectivity index (χ1) is 13.0. The van der Waals surface area contributed by atoms with E-state index in [2.05, 4.69) is 0 Å². The van der Waals surface area contributed by atoms with Gasteiger partial charge in [0.2, 0.25) is 0 Å². The highest BCUT2D eigenvalue weighted by atomic mass is 35.5. The van der Waals surface area contributed by atoms with Crippen molar-refractivity contribution in [3.05, 3.63) is 68.2 Å². The monoisotopic (exact) mass is 401 g/mol. The summed E-state index contributed by atoms with van der Waals surface area (Å²) in [4.78, 5) is 29.9. The molecule has 1 atom stereocenters. The van der Waals surface area contributed by atoms with E-state index in [-0.39, 0.29) is 28.1 Å². The van der Waals surface area contributed by atoms with Gasteiger partial charge >= 0.3 is 0 Å². The standard InChI is InChI=1S/C19H16ClN3O3S/c20-15-8-7-13(23(25)26)10-14(15)19(24)22-9-3-4-12(11-22)18-21-16-5-1-2-6-17(16)27-18/h1-2,5-8,10,12H,3-4,9,11H2. The van der Waals surface area contributed by atoms with E-state index in [1.54, 1.807) is 16.2 Å². The maximum atomic E-state index is 12.9. The van der Waals surface area contributed by atoms with E-state index in [1.807, 2.05) is 24.3 Å². The fourth-order valence-electron chi connectivity index (χ4n) is 3.39. The highest BCUT2D eigenvalue weighted by Crippen LogP contribution is 2.34. The number of nitro groups is 1. The van der Waals surface area contributed by atoms with Crippen molar-refractivity contribution >= 4 is 44.7 Å². The Balaban J connectivity index is 1.58. The number of nitrogens with zero attached hydrogens (tertiary/aromatic N) is 3. The molecule has 27 heavy (non-hydrogen) atoms. The van der Waals surface area contributed by atoms with Crippen LogP contribution in [-0.4, -0.2) is 33.8 Å². The maximum absolute atomic E-state index is 12.9. The predicted octanol–water partition coefficient (Wildman–Crippen LogP) is 4.88. The Labute approximate surface area is 164 Å². The zero-order valence-electron chi connectivity index (χ0n) is 14.3. The van der Waals surface area contributed by atoms with Crippen LogP contribution in [0.3, 0.4) is 0 Å². The van der Waals surface area contributed by atoms with E-state index in [0.717, 1.165) is 28.1 Å². The Morgan fingerprint density at radius 3 is 2.89 bits per heavy atom. The number of fused-ring (bicyclic) bond motifs is 1. The summed E-state index contributed by atoms with van der Waals surface area (Å²) in [7, 11) is 0. The fraction of sp³-hybridized carbons (Fsp3) is 0.263. The Morgan fingerprint density at radius 1 is 1.30 bits per heavy atom. The number of halogens is 1. The van der Waals surface area contributed by atoms with Gasteiger partial charge in [0, 0.05) is 31.1 Å². The number of carbonyl (C=O) groups excluding carboxylic acids is 1. The fourth-order valence-corrected chi connectivity index (χ4v) is 4.68. The number of carbonyl (C=O) groups is 1. The van der Waals surface area contributed by atoms with E-state index in [9.17, 15) is 14.9 Å². The van der Waals surface area contributed by atoms with Crippen molar-refractivity contribution in [3.63, 3.8) is 0 Å². The molecule has 2 aromatic carbocycles. The molecular formula is C19H16ClN3O3S. The second-order valence-electron chi connectivity index (χ2n) is 6.53. The summed E-state index contributed by atoms with van der Waals surface area (Å²) >= 11 is 7.80. The molecule has 0 radical (unpaired) electrons. The van der Waals surface area contributed by atoms with Crippen LogP contribution in [0.2, 0.25) is 5.02 Å². The number of para-hydroxylation sites is 1. The quantitative estimate of drug-likeness (QED) is 0.463. The van der Waals surface area contributed by atoms with Crippen LogP contribution in [0.25, 0.3) is 10.2 Å². The lowest BCUT2D eigenvalue weighted by atomic mass is 9.98. The molecule has 1 aliphatic heterocycles. The summed E-state index contributed by atoms with van der Waals surface area (Å²) in [5, 5.41) is 12.3. The number of likely N-dealkylation sites (tertiary alicyclic amines) is 1. The van der Waals surface area contributed by atoms with E-state index >= 15 is 0 Å². The molecule has 0 bridgehead atoms. The number of benzene rings is 2. The van der Waals surface area contributed by atoms with Gasteiger partial charge in [-0.1, -0.05) is 23.7 Å². The van der Waals surface area contributed by atoms with Gasteiger partial charge in [0.15, 0.2) is 0 Å². The summed E-state index contributed by atoms with van der Waals surface area (Å²) in [6.07, 6.45) is 1.82. The lowest BCUT2D eigenvalue weighted by molar-refractivity contribution is -0.384. The largest absolute Gasteiger partial charge is 0.338 e. The number of hydrogen-bond donors (Lipinski definition) is 0. The van der Waals surface area contributed by atoms with Crippen molar-refractivity contribution in [1.29, 1.82) is 0 Å². The molecule has 1 fully saturated rings. The molecule has 1 unspecified atom stereocenters. The molecule has 4 rings (SSSR count). The van der Waals surface area contributed by atoms with Crippen LogP contribution in [0.4, 0.5) is 5.69 Å². The van der Waals surface area contributed by atoms with Crippen molar-refractivity contribution in [2.75, 3.05) is 13.1 Å². The lowest BCUT2D eigenvalue weighted by Gasteiger charge is -2.32. The maximum Gasteiger partial charge on any atom is 0.270 e. The zero-order chi connectivity index (χ0) is 19.0. The molecule has 0 spiro atoms. The SMILES string of the molecule is O=C(c1cc([N+](=O)[O-])ccc1Cl)N1CCCC(c2nc3ccccc3s2)C1. The predicted molar refractivity (Wildman–Crippen MR) is 106 cm³/mol. The smallest absolute Gasteiger partial charge is 0.270 e. The van der Waals surface area contributed by atoms with E-state index in [0.29, 0.717) is 13.1 Å². The van der Waals surface area contributed by atoms with Crippen LogP contribution in [0.15, 0.2) is 42.5 Å². The zero-order valence-corrected chi connectivity index (χ0v) is 15.9. The summed E-state index contributed by atoms with van der Waals surface area (Å²) in [6.45, 7) is 1.15. The van der Waals surface area contributed by atoms with Gasteiger partial charge < -0.3 is 4.90 Å².